The molecule has 1 fully saturated rings. The van der Waals surface area contributed by atoms with Gasteiger partial charge in [0.2, 0.25) is 5.91 Å². The van der Waals surface area contributed by atoms with E-state index in [1.165, 1.54) is 17.0 Å². The Morgan fingerprint density at radius 3 is 2.65 bits per heavy atom. The summed E-state index contributed by atoms with van der Waals surface area (Å²) in [6, 6.07) is 12.9. The van der Waals surface area contributed by atoms with Gasteiger partial charge in [-0.3, -0.25) is 9.59 Å². The van der Waals surface area contributed by atoms with Crippen LogP contribution in [0.25, 0.3) is 0 Å². The number of hydrogen-bond donors (Lipinski definition) is 1. The van der Waals surface area contributed by atoms with Crippen molar-refractivity contribution in [3.05, 3.63) is 65.5 Å². The third-order valence-corrected chi connectivity index (χ3v) is 3.89. The number of aryl methyl sites for hydroxylation is 1. The van der Waals surface area contributed by atoms with Crippen molar-refractivity contribution in [2.45, 2.75) is 19.4 Å². The van der Waals surface area contributed by atoms with Crippen LogP contribution in [0.2, 0.25) is 0 Å². The fourth-order valence-electron chi connectivity index (χ4n) is 2.67. The van der Waals surface area contributed by atoms with Crippen LogP contribution in [-0.4, -0.2) is 24.4 Å². The molecule has 0 unspecified atom stereocenters. The maximum absolute atomic E-state index is 13.3. The van der Waals surface area contributed by atoms with E-state index in [-0.39, 0.29) is 30.1 Å². The monoisotopic (exact) mass is 312 g/mol. The van der Waals surface area contributed by atoms with Gasteiger partial charge in [0.25, 0.3) is 5.91 Å². The van der Waals surface area contributed by atoms with Gasteiger partial charge in [-0.2, -0.15) is 0 Å². The molecule has 0 aromatic heterocycles. The predicted octanol–water partition coefficient (Wildman–Crippen LogP) is 2.67. The van der Waals surface area contributed by atoms with Gasteiger partial charge in [-0.1, -0.05) is 23.8 Å². The number of hydrogen-bond acceptors (Lipinski definition) is 2. The fraction of sp³-hybridized carbons (Fsp3) is 0.222. The zero-order valence-corrected chi connectivity index (χ0v) is 12.8. The van der Waals surface area contributed by atoms with E-state index in [2.05, 4.69) is 5.32 Å². The number of anilines is 1. The summed E-state index contributed by atoms with van der Waals surface area (Å²) in [6.07, 6.45) is 0.216. The predicted molar refractivity (Wildman–Crippen MR) is 85.8 cm³/mol. The molecule has 0 spiro atoms. The number of amides is 2. The molecule has 0 bridgehead atoms. The molecule has 23 heavy (non-hydrogen) atoms. The van der Waals surface area contributed by atoms with Crippen molar-refractivity contribution in [2.24, 2.45) is 0 Å². The molecule has 1 heterocycles. The Morgan fingerprint density at radius 2 is 1.96 bits per heavy atom. The average Bonchev–Trinajstić information content (AvgIpc) is 2.88. The number of nitrogens with one attached hydrogen (secondary N) is 1. The van der Waals surface area contributed by atoms with Crippen LogP contribution in [0.1, 0.15) is 22.3 Å². The highest BCUT2D eigenvalue weighted by molar-refractivity contribution is 5.98. The minimum Gasteiger partial charge on any atom is -0.347 e. The number of rotatable bonds is 3. The fourth-order valence-corrected chi connectivity index (χ4v) is 2.67. The van der Waals surface area contributed by atoms with Crippen LogP contribution < -0.4 is 10.2 Å². The van der Waals surface area contributed by atoms with Crippen molar-refractivity contribution >= 4 is 17.5 Å². The van der Waals surface area contributed by atoms with Crippen LogP contribution in [0.15, 0.2) is 48.5 Å². The first-order valence-electron chi connectivity index (χ1n) is 7.46. The van der Waals surface area contributed by atoms with E-state index < -0.39 is 0 Å². The molecular weight excluding hydrogens is 295 g/mol. The summed E-state index contributed by atoms with van der Waals surface area (Å²) in [4.78, 5) is 25.8. The summed E-state index contributed by atoms with van der Waals surface area (Å²) in [5.41, 5.74) is 2.16. The lowest BCUT2D eigenvalue weighted by Gasteiger charge is -2.17. The maximum Gasteiger partial charge on any atom is 0.251 e. The van der Waals surface area contributed by atoms with E-state index in [9.17, 15) is 14.0 Å². The molecule has 4 nitrogen and oxygen atoms in total. The van der Waals surface area contributed by atoms with E-state index >= 15 is 0 Å². The van der Waals surface area contributed by atoms with Crippen molar-refractivity contribution in [1.29, 1.82) is 0 Å². The molecular formula is C18H17FN2O2. The molecule has 1 N–H and O–H groups in total. The molecule has 2 amide bonds. The first-order valence-corrected chi connectivity index (χ1v) is 7.46. The third kappa shape index (κ3) is 3.39. The zero-order valence-electron chi connectivity index (χ0n) is 12.8. The van der Waals surface area contributed by atoms with Crippen molar-refractivity contribution in [3.63, 3.8) is 0 Å². The molecule has 0 saturated carbocycles. The molecule has 2 aromatic carbocycles. The van der Waals surface area contributed by atoms with Crippen molar-refractivity contribution in [1.82, 2.24) is 5.32 Å². The lowest BCUT2D eigenvalue weighted by atomic mass is 10.1. The summed E-state index contributed by atoms with van der Waals surface area (Å²) in [5, 5.41) is 2.86. The molecule has 1 aliphatic heterocycles. The lowest BCUT2D eigenvalue weighted by molar-refractivity contribution is -0.117. The number of benzene rings is 2. The number of carbonyl (C=O) groups is 2. The number of carbonyl (C=O) groups excluding carboxylic acids is 2. The Kier molecular flexibility index (Phi) is 4.10. The van der Waals surface area contributed by atoms with Gasteiger partial charge >= 0.3 is 0 Å². The van der Waals surface area contributed by atoms with Gasteiger partial charge in [0.15, 0.2) is 0 Å². The molecule has 1 saturated heterocycles. The van der Waals surface area contributed by atoms with E-state index in [1.54, 1.807) is 24.3 Å². The molecule has 0 aliphatic carbocycles. The standard InChI is InChI=1S/C18H17FN2O2/c1-12-5-7-13(8-6-12)18(23)20-15-10-17(22)21(11-15)16-4-2-3-14(19)9-16/h2-9,15H,10-11H2,1H3,(H,20,23)/t15-/m1/s1. The smallest absolute Gasteiger partial charge is 0.251 e. The quantitative estimate of drug-likeness (QED) is 0.947. The first-order chi connectivity index (χ1) is 11.0. The number of nitrogens with zero attached hydrogens (tertiary/aromatic N) is 1. The minimum absolute atomic E-state index is 0.121. The molecule has 1 atom stereocenters. The second kappa shape index (κ2) is 6.20. The van der Waals surface area contributed by atoms with E-state index in [1.807, 2.05) is 19.1 Å². The SMILES string of the molecule is Cc1ccc(C(=O)N[C@@H]2CC(=O)N(c3cccc(F)c3)C2)cc1. The molecule has 0 radical (unpaired) electrons. The van der Waals surface area contributed by atoms with Crippen molar-refractivity contribution in [2.75, 3.05) is 11.4 Å². The van der Waals surface area contributed by atoms with Gasteiger partial charge in [0.05, 0.1) is 6.04 Å². The Morgan fingerprint density at radius 1 is 1.22 bits per heavy atom. The van der Waals surface area contributed by atoms with Crippen LogP contribution in [0.3, 0.4) is 0 Å². The van der Waals surface area contributed by atoms with Gasteiger partial charge in [0.1, 0.15) is 5.82 Å². The average molecular weight is 312 g/mol. The summed E-state index contributed by atoms with van der Waals surface area (Å²) in [7, 11) is 0. The molecule has 3 rings (SSSR count). The van der Waals surface area contributed by atoms with Crippen molar-refractivity contribution in [3.8, 4) is 0 Å². The number of halogens is 1. The normalized spacial score (nSPS) is 17.4. The Labute approximate surface area is 133 Å². The van der Waals surface area contributed by atoms with E-state index in [4.69, 9.17) is 0 Å². The third-order valence-electron chi connectivity index (χ3n) is 3.89. The van der Waals surface area contributed by atoms with E-state index in [0.717, 1.165) is 5.56 Å². The molecule has 118 valence electrons. The van der Waals surface area contributed by atoms with Crippen LogP contribution in [0, 0.1) is 12.7 Å². The Hall–Kier alpha value is -2.69. The molecule has 1 aliphatic rings. The van der Waals surface area contributed by atoms with Gasteiger partial charge in [-0.15, -0.1) is 0 Å². The van der Waals surface area contributed by atoms with Gasteiger partial charge in [0, 0.05) is 24.2 Å². The largest absolute Gasteiger partial charge is 0.347 e. The summed E-state index contributed by atoms with van der Waals surface area (Å²) >= 11 is 0. The highest BCUT2D eigenvalue weighted by Gasteiger charge is 2.31. The summed E-state index contributed by atoms with van der Waals surface area (Å²) in [5.74, 6) is -0.712. The Balaban J connectivity index is 1.68. The maximum atomic E-state index is 13.3. The lowest BCUT2D eigenvalue weighted by Crippen LogP contribution is -2.37. The van der Waals surface area contributed by atoms with Crippen LogP contribution in [0.4, 0.5) is 10.1 Å². The first kappa shape index (κ1) is 15.2. The Bertz CT molecular complexity index is 743. The highest BCUT2D eigenvalue weighted by Crippen LogP contribution is 2.22. The van der Waals surface area contributed by atoms with Gasteiger partial charge < -0.3 is 10.2 Å². The molecule has 5 heteroatoms. The highest BCUT2D eigenvalue weighted by atomic mass is 19.1. The van der Waals surface area contributed by atoms with Crippen LogP contribution in [0.5, 0.6) is 0 Å². The topological polar surface area (TPSA) is 49.4 Å². The minimum atomic E-state index is -0.387. The van der Waals surface area contributed by atoms with Crippen LogP contribution >= 0.6 is 0 Å². The van der Waals surface area contributed by atoms with Crippen LogP contribution in [-0.2, 0) is 4.79 Å². The van der Waals surface area contributed by atoms with E-state index in [0.29, 0.717) is 17.8 Å². The van der Waals surface area contributed by atoms with Gasteiger partial charge in [-0.25, -0.2) is 4.39 Å². The second-order valence-electron chi connectivity index (χ2n) is 5.72. The second-order valence-corrected chi connectivity index (χ2v) is 5.72. The zero-order chi connectivity index (χ0) is 16.4. The van der Waals surface area contributed by atoms with Crippen molar-refractivity contribution < 1.29 is 14.0 Å². The van der Waals surface area contributed by atoms with Gasteiger partial charge in [-0.05, 0) is 37.3 Å². The molecule has 2 aromatic rings. The summed E-state index contributed by atoms with van der Waals surface area (Å²) in [6.45, 7) is 2.30. The summed E-state index contributed by atoms with van der Waals surface area (Å²) < 4.78 is 13.3.